The number of nitrogens with one attached hydrogen (secondary N) is 1. The van der Waals surface area contributed by atoms with Crippen molar-refractivity contribution in [1.82, 2.24) is 15.3 Å². The summed E-state index contributed by atoms with van der Waals surface area (Å²) in [5.41, 5.74) is 2.19. The molecular formula is C20H24N6O. The van der Waals surface area contributed by atoms with E-state index in [2.05, 4.69) is 36.9 Å². The molecule has 0 saturated carbocycles. The molecule has 7 heteroatoms. The van der Waals surface area contributed by atoms with Crippen LogP contribution in [0.4, 0.5) is 17.2 Å². The number of carbonyl (C=O) groups excluding carboxylic acids is 1. The Bertz CT molecular complexity index is 812. The van der Waals surface area contributed by atoms with Crippen molar-refractivity contribution < 1.29 is 4.79 Å². The SMILES string of the molecule is C=Nc1c(N2CCC(CNC(=O)c3ccccn3)CC2)ccnc1N=CC. The number of amides is 1. The summed E-state index contributed by atoms with van der Waals surface area (Å²) in [4.78, 5) is 31.2. The molecule has 2 aromatic rings. The fourth-order valence-electron chi connectivity index (χ4n) is 3.26. The number of aliphatic imine (C=N–C) groups is 2. The Balaban J connectivity index is 1.57. The molecule has 1 fully saturated rings. The number of pyridine rings is 2. The summed E-state index contributed by atoms with van der Waals surface area (Å²) in [6, 6.07) is 7.30. The Labute approximate surface area is 159 Å². The summed E-state index contributed by atoms with van der Waals surface area (Å²) >= 11 is 0. The maximum absolute atomic E-state index is 12.1. The summed E-state index contributed by atoms with van der Waals surface area (Å²) in [6.07, 6.45) is 7.08. The van der Waals surface area contributed by atoms with Gasteiger partial charge in [-0.3, -0.25) is 14.8 Å². The largest absolute Gasteiger partial charge is 0.370 e. The Hall–Kier alpha value is -3.09. The van der Waals surface area contributed by atoms with Crippen molar-refractivity contribution in [2.45, 2.75) is 19.8 Å². The number of hydrogen-bond acceptors (Lipinski definition) is 6. The molecule has 27 heavy (non-hydrogen) atoms. The Morgan fingerprint density at radius 1 is 1.30 bits per heavy atom. The van der Waals surface area contributed by atoms with Crippen LogP contribution in [-0.2, 0) is 0 Å². The van der Waals surface area contributed by atoms with Gasteiger partial charge in [0.2, 0.25) is 0 Å². The topological polar surface area (TPSA) is 82.8 Å². The second-order valence-corrected chi connectivity index (χ2v) is 6.40. The highest BCUT2D eigenvalue weighted by Crippen LogP contribution is 2.37. The zero-order valence-electron chi connectivity index (χ0n) is 15.5. The minimum absolute atomic E-state index is 0.118. The summed E-state index contributed by atoms with van der Waals surface area (Å²) in [5.74, 6) is 0.922. The molecule has 3 heterocycles. The molecule has 0 bridgehead atoms. The monoisotopic (exact) mass is 364 g/mol. The van der Waals surface area contributed by atoms with Crippen molar-refractivity contribution >= 4 is 36.0 Å². The van der Waals surface area contributed by atoms with Crippen molar-refractivity contribution in [2.24, 2.45) is 15.9 Å². The summed E-state index contributed by atoms with van der Waals surface area (Å²) in [7, 11) is 0. The highest BCUT2D eigenvalue weighted by Gasteiger charge is 2.23. The first-order valence-corrected chi connectivity index (χ1v) is 9.11. The van der Waals surface area contributed by atoms with Gasteiger partial charge in [0.1, 0.15) is 11.4 Å². The van der Waals surface area contributed by atoms with E-state index < -0.39 is 0 Å². The number of carbonyl (C=O) groups is 1. The number of hydrogen-bond donors (Lipinski definition) is 1. The van der Waals surface area contributed by atoms with Crippen LogP contribution in [-0.4, -0.2) is 48.4 Å². The van der Waals surface area contributed by atoms with Gasteiger partial charge in [-0.15, -0.1) is 0 Å². The third kappa shape index (κ3) is 4.55. The lowest BCUT2D eigenvalue weighted by molar-refractivity contribution is 0.0940. The molecule has 1 N–H and O–H groups in total. The Morgan fingerprint density at radius 3 is 2.78 bits per heavy atom. The van der Waals surface area contributed by atoms with E-state index in [0.717, 1.165) is 37.3 Å². The van der Waals surface area contributed by atoms with E-state index in [1.165, 1.54) is 0 Å². The van der Waals surface area contributed by atoms with Crippen LogP contribution >= 0.6 is 0 Å². The molecule has 7 nitrogen and oxygen atoms in total. The first-order valence-electron chi connectivity index (χ1n) is 9.11. The van der Waals surface area contributed by atoms with Gasteiger partial charge in [0.05, 0.1) is 5.69 Å². The minimum Gasteiger partial charge on any atom is -0.370 e. The number of rotatable bonds is 6. The second-order valence-electron chi connectivity index (χ2n) is 6.40. The number of aromatic nitrogens is 2. The Kier molecular flexibility index (Phi) is 6.25. The molecular weight excluding hydrogens is 340 g/mol. The van der Waals surface area contributed by atoms with Gasteiger partial charge in [-0.05, 0) is 50.6 Å². The molecule has 0 spiro atoms. The van der Waals surface area contributed by atoms with Crippen molar-refractivity contribution in [3.05, 3.63) is 42.4 Å². The number of piperidine rings is 1. The lowest BCUT2D eigenvalue weighted by atomic mass is 9.96. The van der Waals surface area contributed by atoms with Crippen LogP contribution in [0, 0.1) is 5.92 Å². The molecule has 0 radical (unpaired) electrons. The predicted octanol–water partition coefficient (Wildman–Crippen LogP) is 3.18. The molecule has 0 atom stereocenters. The highest BCUT2D eigenvalue weighted by molar-refractivity contribution is 5.92. The van der Waals surface area contributed by atoms with Crippen LogP contribution in [0.15, 0.2) is 46.6 Å². The third-order valence-corrected chi connectivity index (χ3v) is 4.70. The minimum atomic E-state index is -0.118. The van der Waals surface area contributed by atoms with Crippen molar-refractivity contribution in [3.8, 4) is 0 Å². The molecule has 3 rings (SSSR count). The molecule has 1 amide bonds. The van der Waals surface area contributed by atoms with Gasteiger partial charge in [0.15, 0.2) is 5.82 Å². The lowest BCUT2D eigenvalue weighted by Gasteiger charge is -2.34. The number of anilines is 1. The van der Waals surface area contributed by atoms with Gasteiger partial charge >= 0.3 is 0 Å². The van der Waals surface area contributed by atoms with E-state index in [0.29, 0.717) is 24.0 Å². The average Bonchev–Trinajstić information content (AvgIpc) is 2.73. The third-order valence-electron chi connectivity index (χ3n) is 4.70. The fraction of sp³-hybridized carbons (Fsp3) is 0.350. The van der Waals surface area contributed by atoms with Gasteiger partial charge in [-0.25, -0.2) is 9.98 Å². The van der Waals surface area contributed by atoms with Crippen LogP contribution in [0.25, 0.3) is 0 Å². The van der Waals surface area contributed by atoms with Gasteiger partial charge in [-0.1, -0.05) is 6.07 Å². The van der Waals surface area contributed by atoms with E-state index in [-0.39, 0.29) is 5.91 Å². The Morgan fingerprint density at radius 2 is 2.11 bits per heavy atom. The summed E-state index contributed by atoms with van der Waals surface area (Å²) in [6.45, 7) is 7.98. The van der Waals surface area contributed by atoms with E-state index in [4.69, 9.17) is 0 Å². The molecule has 1 aliphatic heterocycles. The van der Waals surface area contributed by atoms with Crippen LogP contribution in [0.1, 0.15) is 30.3 Å². The van der Waals surface area contributed by atoms with Crippen LogP contribution < -0.4 is 10.2 Å². The van der Waals surface area contributed by atoms with E-state index in [1.54, 1.807) is 30.7 Å². The standard InChI is InChI=1S/C20H24N6O/c1-3-22-19-18(21-2)17(7-11-24-19)26-12-8-15(9-13-26)14-25-20(27)16-6-4-5-10-23-16/h3-7,10-11,15H,2,8-9,12-14H2,1H3,(H,25,27). The molecule has 1 saturated heterocycles. The maximum atomic E-state index is 12.1. The molecule has 1 aliphatic rings. The van der Waals surface area contributed by atoms with E-state index >= 15 is 0 Å². The van der Waals surface area contributed by atoms with Gasteiger partial charge in [0, 0.05) is 38.2 Å². The highest BCUT2D eigenvalue weighted by atomic mass is 16.1. The van der Waals surface area contributed by atoms with Gasteiger partial charge in [-0.2, -0.15) is 0 Å². The normalized spacial score (nSPS) is 15.1. The van der Waals surface area contributed by atoms with Crippen LogP contribution in [0.2, 0.25) is 0 Å². The van der Waals surface area contributed by atoms with Crippen LogP contribution in [0.3, 0.4) is 0 Å². The van der Waals surface area contributed by atoms with Crippen molar-refractivity contribution in [3.63, 3.8) is 0 Å². The van der Waals surface area contributed by atoms with Crippen molar-refractivity contribution in [1.29, 1.82) is 0 Å². The van der Waals surface area contributed by atoms with Crippen LogP contribution in [0.5, 0.6) is 0 Å². The van der Waals surface area contributed by atoms with E-state index in [1.807, 2.05) is 19.1 Å². The zero-order valence-corrected chi connectivity index (χ0v) is 15.5. The second kappa shape index (κ2) is 9.02. The summed E-state index contributed by atoms with van der Waals surface area (Å²) in [5, 5.41) is 2.99. The molecule has 0 aliphatic carbocycles. The molecule has 0 aromatic carbocycles. The molecule has 2 aromatic heterocycles. The zero-order chi connectivity index (χ0) is 19.1. The molecule has 140 valence electrons. The fourth-order valence-corrected chi connectivity index (χ4v) is 3.26. The van der Waals surface area contributed by atoms with Crippen molar-refractivity contribution in [2.75, 3.05) is 24.5 Å². The first kappa shape index (κ1) is 18.7. The van der Waals surface area contributed by atoms with Gasteiger partial charge in [0.25, 0.3) is 5.91 Å². The lowest BCUT2D eigenvalue weighted by Crippen LogP contribution is -2.38. The van der Waals surface area contributed by atoms with Gasteiger partial charge < -0.3 is 10.2 Å². The quantitative estimate of drug-likeness (QED) is 0.798. The maximum Gasteiger partial charge on any atom is 0.269 e. The predicted molar refractivity (Wildman–Crippen MR) is 109 cm³/mol. The smallest absolute Gasteiger partial charge is 0.269 e. The number of nitrogens with zero attached hydrogens (tertiary/aromatic N) is 5. The average molecular weight is 364 g/mol. The molecule has 0 unspecified atom stereocenters. The summed E-state index contributed by atoms with van der Waals surface area (Å²) < 4.78 is 0. The van der Waals surface area contributed by atoms with E-state index in [9.17, 15) is 4.79 Å². The first-order chi connectivity index (χ1) is 13.2.